The zero-order valence-corrected chi connectivity index (χ0v) is 23.6. The smallest absolute Gasteiger partial charge is 0.328 e. The van der Waals surface area contributed by atoms with Crippen LogP contribution in [0.15, 0.2) is 47.5 Å². The van der Waals surface area contributed by atoms with Crippen LogP contribution in [-0.2, 0) is 16.1 Å². The van der Waals surface area contributed by atoms with Gasteiger partial charge in [0, 0.05) is 18.0 Å². The normalized spacial score (nSPS) is 12.1. The van der Waals surface area contributed by atoms with Crippen molar-refractivity contribution in [1.29, 1.82) is 0 Å². The van der Waals surface area contributed by atoms with Crippen molar-refractivity contribution in [2.45, 2.75) is 59.0 Å². The number of rotatable bonds is 13. The minimum atomic E-state index is -0.871. The van der Waals surface area contributed by atoms with Crippen molar-refractivity contribution in [3.05, 3.63) is 59.5 Å². The van der Waals surface area contributed by atoms with Gasteiger partial charge in [-0.1, -0.05) is 39.3 Å². The van der Waals surface area contributed by atoms with Gasteiger partial charge in [-0.05, 0) is 54.5 Å². The number of aromatic nitrogens is 2. The summed E-state index contributed by atoms with van der Waals surface area (Å²) in [6.07, 6.45) is 3.74. The number of guanidine groups is 1. The first-order valence-corrected chi connectivity index (χ1v) is 13.3. The molecule has 0 spiro atoms. The first-order chi connectivity index (χ1) is 19.0. The molecule has 40 heavy (non-hydrogen) atoms. The van der Waals surface area contributed by atoms with Gasteiger partial charge in [0.1, 0.15) is 17.6 Å². The van der Waals surface area contributed by atoms with E-state index in [9.17, 15) is 14.0 Å². The summed E-state index contributed by atoms with van der Waals surface area (Å²) in [5.74, 6) is -0.625. The van der Waals surface area contributed by atoms with E-state index in [-0.39, 0.29) is 17.5 Å². The summed E-state index contributed by atoms with van der Waals surface area (Å²) in [4.78, 5) is 29.8. The molecule has 0 bridgehead atoms. The molecular weight excluding hydrogens is 515 g/mol. The van der Waals surface area contributed by atoms with Gasteiger partial charge in [-0.3, -0.25) is 14.5 Å². The van der Waals surface area contributed by atoms with Crippen LogP contribution in [0.5, 0.6) is 5.75 Å². The molecule has 3 rings (SSSR count). The van der Waals surface area contributed by atoms with Gasteiger partial charge >= 0.3 is 5.97 Å². The molecule has 0 saturated carbocycles. The summed E-state index contributed by atoms with van der Waals surface area (Å²) in [7, 11) is 1.29. The highest BCUT2D eigenvalue weighted by Crippen LogP contribution is 2.27. The lowest BCUT2D eigenvalue weighted by Gasteiger charge is -2.28. The van der Waals surface area contributed by atoms with Gasteiger partial charge in [0.25, 0.3) is 5.91 Å². The first-order valence-electron chi connectivity index (χ1n) is 13.3. The second-order valence-corrected chi connectivity index (χ2v) is 10.7. The van der Waals surface area contributed by atoms with E-state index in [1.165, 1.54) is 19.2 Å². The third-order valence-corrected chi connectivity index (χ3v) is 6.38. The van der Waals surface area contributed by atoms with E-state index in [0.29, 0.717) is 36.3 Å². The van der Waals surface area contributed by atoms with Crippen LogP contribution >= 0.6 is 0 Å². The van der Waals surface area contributed by atoms with Gasteiger partial charge in [0.15, 0.2) is 11.7 Å². The Kier molecular flexibility index (Phi) is 10.5. The average molecular weight is 555 g/mol. The fraction of sp³-hybridized carbons (Fsp3) is 0.448. The van der Waals surface area contributed by atoms with Crippen molar-refractivity contribution in [1.82, 2.24) is 15.1 Å². The molecule has 1 heterocycles. The quantitative estimate of drug-likeness (QED) is 0.126. The third-order valence-electron chi connectivity index (χ3n) is 6.38. The molecule has 0 radical (unpaired) electrons. The SMILES string of the molecule is COC(=O)C(NC(=O)c1nn(Cc2ccc(F)cc2)c2cc(OCCCCCCN=C(N)N)ccc12)C(C)(C)C. The third kappa shape index (κ3) is 8.42. The number of nitrogens with two attached hydrogens (primary N) is 2. The fourth-order valence-corrected chi connectivity index (χ4v) is 4.21. The van der Waals surface area contributed by atoms with Crippen molar-refractivity contribution >= 4 is 28.7 Å². The lowest BCUT2D eigenvalue weighted by Crippen LogP contribution is -2.49. The summed E-state index contributed by atoms with van der Waals surface area (Å²) < 4.78 is 26.1. The van der Waals surface area contributed by atoms with E-state index in [1.54, 1.807) is 28.9 Å². The lowest BCUT2D eigenvalue weighted by atomic mass is 9.86. The summed E-state index contributed by atoms with van der Waals surface area (Å²) in [6, 6.07) is 10.6. The molecule has 216 valence electrons. The van der Waals surface area contributed by atoms with E-state index in [0.717, 1.165) is 31.2 Å². The number of carbonyl (C=O) groups excluding carboxylic acids is 2. The number of amides is 1. The number of nitrogens with zero attached hydrogens (tertiary/aromatic N) is 3. The maximum atomic E-state index is 13.5. The second kappa shape index (κ2) is 13.8. The van der Waals surface area contributed by atoms with Crippen molar-refractivity contribution in [2.75, 3.05) is 20.3 Å². The zero-order valence-electron chi connectivity index (χ0n) is 23.6. The average Bonchev–Trinajstić information content (AvgIpc) is 3.26. The molecule has 1 atom stereocenters. The number of hydrogen-bond donors (Lipinski definition) is 3. The van der Waals surface area contributed by atoms with Crippen molar-refractivity contribution in [2.24, 2.45) is 21.9 Å². The van der Waals surface area contributed by atoms with Crippen LogP contribution in [0, 0.1) is 11.2 Å². The predicted octanol–water partition coefficient (Wildman–Crippen LogP) is 3.75. The van der Waals surface area contributed by atoms with E-state index < -0.39 is 23.3 Å². The van der Waals surface area contributed by atoms with Crippen LogP contribution in [0.3, 0.4) is 0 Å². The summed E-state index contributed by atoms with van der Waals surface area (Å²) in [5, 5.41) is 7.99. The summed E-state index contributed by atoms with van der Waals surface area (Å²) in [6.45, 7) is 6.97. The molecule has 11 heteroatoms. The van der Waals surface area contributed by atoms with Crippen molar-refractivity contribution in [3.63, 3.8) is 0 Å². The number of carbonyl (C=O) groups is 2. The van der Waals surface area contributed by atoms with E-state index in [1.807, 2.05) is 26.8 Å². The Morgan fingerprint density at radius 2 is 1.77 bits per heavy atom. The molecule has 1 unspecified atom stereocenters. The Morgan fingerprint density at radius 1 is 1.07 bits per heavy atom. The highest BCUT2D eigenvalue weighted by molar-refractivity contribution is 6.06. The molecule has 0 aliphatic heterocycles. The highest BCUT2D eigenvalue weighted by atomic mass is 19.1. The number of methoxy groups -OCH3 is 1. The minimum Gasteiger partial charge on any atom is -0.494 e. The minimum absolute atomic E-state index is 0.107. The lowest BCUT2D eigenvalue weighted by molar-refractivity contribution is -0.145. The Hall–Kier alpha value is -4.15. The topological polar surface area (TPSA) is 147 Å². The number of ether oxygens (including phenoxy) is 2. The molecule has 0 aliphatic rings. The molecule has 0 saturated heterocycles. The Bertz CT molecular complexity index is 1330. The van der Waals surface area contributed by atoms with Gasteiger partial charge in [-0.25, -0.2) is 9.18 Å². The van der Waals surface area contributed by atoms with Crippen molar-refractivity contribution in [3.8, 4) is 5.75 Å². The molecule has 0 fully saturated rings. The van der Waals surface area contributed by atoms with Crippen LogP contribution < -0.4 is 21.5 Å². The molecule has 0 aliphatic carbocycles. The maximum absolute atomic E-state index is 13.5. The Balaban J connectivity index is 1.81. The molecule has 1 amide bonds. The number of esters is 1. The molecule has 1 aromatic heterocycles. The van der Waals surface area contributed by atoms with Crippen LogP contribution in [-0.4, -0.2) is 53.9 Å². The van der Waals surface area contributed by atoms with E-state index in [4.69, 9.17) is 20.9 Å². The van der Waals surface area contributed by atoms with Gasteiger partial charge in [-0.2, -0.15) is 5.10 Å². The largest absolute Gasteiger partial charge is 0.494 e. The predicted molar refractivity (Wildman–Crippen MR) is 153 cm³/mol. The number of halogens is 1. The Labute approximate surface area is 233 Å². The molecule has 2 aromatic carbocycles. The molecule has 3 aromatic rings. The monoisotopic (exact) mass is 554 g/mol. The second-order valence-electron chi connectivity index (χ2n) is 10.7. The van der Waals surface area contributed by atoms with E-state index >= 15 is 0 Å². The van der Waals surface area contributed by atoms with E-state index in [2.05, 4.69) is 15.4 Å². The first kappa shape index (κ1) is 30.4. The zero-order chi connectivity index (χ0) is 29.3. The Morgan fingerprint density at radius 3 is 2.42 bits per heavy atom. The van der Waals surface area contributed by atoms with Gasteiger partial charge in [-0.15, -0.1) is 0 Å². The standard InChI is InChI=1S/C29H39FN6O4/c1-29(2,3)25(27(38)39-4)34-26(37)24-22-14-13-21(40-16-8-6-5-7-15-33-28(31)32)17-23(22)36(35-24)18-19-9-11-20(30)12-10-19/h9-14,17,25H,5-8,15-16,18H2,1-4H3,(H,34,37)(H4,31,32,33). The fourth-order valence-electron chi connectivity index (χ4n) is 4.21. The van der Waals surface area contributed by atoms with Crippen LogP contribution in [0.2, 0.25) is 0 Å². The van der Waals surface area contributed by atoms with Crippen LogP contribution in [0.4, 0.5) is 4.39 Å². The molecule has 10 nitrogen and oxygen atoms in total. The van der Waals surface area contributed by atoms with Crippen LogP contribution in [0.1, 0.15) is 62.5 Å². The summed E-state index contributed by atoms with van der Waals surface area (Å²) in [5.41, 5.74) is 11.8. The maximum Gasteiger partial charge on any atom is 0.328 e. The van der Waals surface area contributed by atoms with Crippen LogP contribution in [0.25, 0.3) is 10.9 Å². The number of unbranched alkanes of at least 4 members (excludes halogenated alkanes) is 3. The molecule has 5 N–H and O–H groups in total. The highest BCUT2D eigenvalue weighted by Gasteiger charge is 2.35. The number of aliphatic imine (C=N–C) groups is 1. The number of benzene rings is 2. The van der Waals surface area contributed by atoms with Crippen molar-refractivity contribution < 1.29 is 23.5 Å². The molecular formula is C29H39FN6O4. The van der Waals surface area contributed by atoms with Gasteiger partial charge in [0.05, 0.1) is 25.8 Å². The number of fused-ring (bicyclic) bond motifs is 1. The number of hydrogen-bond acceptors (Lipinski definition) is 6. The van der Waals surface area contributed by atoms with Gasteiger partial charge < -0.3 is 26.3 Å². The van der Waals surface area contributed by atoms with Gasteiger partial charge in [0.2, 0.25) is 0 Å². The summed E-state index contributed by atoms with van der Waals surface area (Å²) >= 11 is 0. The number of nitrogens with one attached hydrogen (secondary N) is 1.